The number of fused-ring (bicyclic) bond motifs is 1. The lowest BCUT2D eigenvalue weighted by atomic mass is 10.0. The first-order chi connectivity index (χ1) is 6.59. The molecule has 0 aliphatic carbocycles. The number of nitrogens with zero attached hydrogens (tertiary/aromatic N) is 1. The maximum absolute atomic E-state index is 11.7. The van der Waals surface area contributed by atoms with E-state index in [2.05, 4.69) is 24.1 Å². The van der Waals surface area contributed by atoms with Gasteiger partial charge in [0.15, 0.2) is 0 Å². The van der Waals surface area contributed by atoms with Crippen LogP contribution >= 0.6 is 0 Å². The Morgan fingerprint density at radius 1 is 1.50 bits per heavy atom. The Kier molecular flexibility index (Phi) is 2.49. The van der Waals surface area contributed by atoms with Gasteiger partial charge in [0.2, 0.25) is 5.91 Å². The molecular formula is C10H18N2O2. The second-order valence-corrected chi connectivity index (χ2v) is 4.57. The van der Waals surface area contributed by atoms with Crippen molar-refractivity contribution < 1.29 is 9.90 Å². The summed E-state index contributed by atoms with van der Waals surface area (Å²) in [5.74, 6) is 0.534. The lowest BCUT2D eigenvalue weighted by Crippen LogP contribution is -2.43. The Labute approximate surface area is 84.3 Å². The van der Waals surface area contributed by atoms with Crippen molar-refractivity contribution in [3.05, 3.63) is 0 Å². The van der Waals surface area contributed by atoms with Gasteiger partial charge in [-0.2, -0.15) is 0 Å². The normalized spacial score (nSPS) is 44.4. The van der Waals surface area contributed by atoms with Crippen molar-refractivity contribution in [2.75, 3.05) is 13.1 Å². The summed E-state index contributed by atoms with van der Waals surface area (Å²) in [6, 6.07) is 0.265. The van der Waals surface area contributed by atoms with E-state index in [4.69, 9.17) is 0 Å². The van der Waals surface area contributed by atoms with Crippen LogP contribution in [0.2, 0.25) is 0 Å². The fourth-order valence-electron chi connectivity index (χ4n) is 2.42. The first-order valence-electron chi connectivity index (χ1n) is 5.31. The Hall–Kier alpha value is -0.610. The second kappa shape index (κ2) is 3.51. The largest absolute Gasteiger partial charge is 0.392 e. The summed E-state index contributed by atoms with van der Waals surface area (Å²) < 4.78 is 0. The van der Waals surface area contributed by atoms with Crippen LogP contribution in [0.4, 0.5) is 0 Å². The Balaban J connectivity index is 2.20. The van der Waals surface area contributed by atoms with Crippen molar-refractivity contribution in [3.8, 4) is 0 Å². The zero-order chi connectivity index (χ0) is 10.3. The molecule has 4 nitrogen and oxygen atoms in total. The summed E-state index contributed by atoms with van der Waals surface area (Å²) in [5, 5.41) is 12.5. The quantitative estimate of drug-likeness (QED) is 0.555. The standard InChI is InChI=1S/C10H18N2O2/c1-6-4-11-10(14)9-3-8(13)5-12(9)7(6)2/h6-9,13H,3-5H2,1-2H3,(H,11,14)/t6-,7-,8?,9?/m1/s1. The van der Waals surface area contributed by atoms with Gasteiger partial charge in [0, 0.05) is 19.1 Å². The molecule has 2 aliphatic heterocycles. The molecule has 0 aromatic rings. The van der Waals surface area contributed by atoms with Crippen LogP contribution in [0.15, 0.2) is 0 Å². The monoisotopic (exact) mass is 198 g/mol. The van der Waals surface area contributed by atoms with E-state index in [0.29, 0.717) is 24.9 Å². The van der Waals surface area contributed by atoms with Crippen molar-refractivity contribution >= 4 is 5.91 Å². The molecule has 0 spiro atoms. The third-order valence-electron chi connectivity index (χ3n) is 3.56. The Morgan fingerprint density at radius 2 is 2.21 bits per heavy atom. The van der Waals surface area contributed by atoms with Gasteiger partial charge in [-0.15, -0.1) is 0 Å². The van der Waals surface area contributed by atoms with Crippen LogP contribution in [0.3, 0.4) is 0 Å². The lowest BCUT2D eigenvalue weighted by Gasteiger charge is -2.29. The number of amides is 1. The number of carbonyl (C=O) groups is 1. The van der Waals surface area contributed by atoms with E-state index >= 15 is 0 Å². The van der Waals surface area contributed by atoms with E-state index in [-0.39, 0.29) is 18.1 Å². The van der Waals surface area contributed by atoms with Gasteiger partial charge < -0.3 is 10.4 Å². The average Bonchev–Trinajstić information content (AvgIpc) is 2.50. The van der Waals surface area contributed by atoms with Gasteiger partial charge in [-0.3, -0.25) is 9.69 Å². The van der Waals surface area contributed by atoms with Gasteiger partial charge in [0.05, 0.1) is 12.1 Å². The molecule has 0 radical (unpaired) electrons. The van der Waals surface area contributed by atoms with E-state index in [1.54, 1.807) is 0 Å². The van der Waals surface area contributed by atoms with Gasteiger partial charge in [-0.1, -0.05) is 6.92 Å². The minimum Gasteiger partial charge on any atom is -0.392 e. The maximum Gasteiger partial charge on any atom is 0.237 e. The summed E-state index contributed by atoms with van der Waals surface area (Å²) in [4.78, 5) is 13.8. The molecule has 0 aromatic heterocycles. The Morgan fingerprint density at radius 3 is 2.93 bits per heavy atom. The van der Waals surface area contributed by atoms with Crippen molar-refractivity contribution in [3.63, 3.8) is 0 Å². The molecule has 2 heterocycles. The molecule has 4 atom stereocenters. The predicted molar refractivity (Wildman–Crippen MR) is 52.8 cm³/mol. The molecule has 2 unspecified atom stereocenters. The van der Waals surface area contributed by atoms with Crippen LogP contribution in [0.25, 0.3) is 0 Å². The third-order valence-corrected chi connectivity index (χ3v) is 3.56. The molecule has 14 heavy (non-hydrogen) atoms. The van der Waals surface area contributed by atoms with Gasteiger partial charge in [0.1, 0.15) is 0 Å². The molecule has 4 heteroatoms. The summed E-state index contributed by atoms with van der Waals surface area (Å²) in [5.41, 5.74) is 0. The lowest BCUT2D eigenvalue weighted by molar-refractivity contribution is -0.124. The molecule has 2 N–H and O–H groups in total. The molecule has 0 bridgehead atoms. The van der Waals surface area contributed by atoms with Crippen LogP contribution in [-0.4, -0.2) is 47.2 Å². The van der Waals surface area contributed by atoms with E-state index in [1.165, 1.54) is 0 Å². The van der Waals surface area contributed by atoms with Gasteiger partial charge in [0.25, 0.3) is 0 Å². The van der Waals surface area contributed by atoms with E-state index in [0.717, 1.165) is 6.54 Å². The molecule has 1 amide bonds. The molecule has 2 aliphatic rings. The highest BCUT2D eigenvalue weighted by Crippen LogP contribution is 2.26. The zero-order valence-electron chi connectivity index (χ0n) is 8.73. The zero-order valence-corrected chi connectivity index (χ0v) is 8.73. The molecule has 2 rings (SSSR count). The van der Waals surface area contributed by atoms with E-state index < -0.39 is 0 Å². The molecule has 2 fully saturated rings. The number of nitrogens with one attached hydrogen (secondary N) is 1. The summed E-state index contributed by atoms with van der Waals surface area (Å²) >= 11 is 0. The van der Waals surface area contributed by atoms with Crippen LogP contribution in [-0.2, 0) is 4.79 Å². The summed E-state index contributed by atoms with van der Waals surface area (Å²) in [7, 11) is 0. The first kappa shape index (κ1) is 9.93. The SMILES string of the molecule is C[C@@H]1CNC(=O)C2CC(O)CN2[C@@H]1C. The predicted octanol–water partition coefficient (Wildman–Crippen LogP) is -0.424. The molecule has 0 aromatic carbocycles. The number of rotatable bonds is 0. The third kappa shape index (κ3) is 1.53. The summed E-state index contributed by atoms with van der Waals surface area (Å²) in [6.07, 6.45) is 0.251. The molecular weight excluding hydrogens is 180 g/mol. The number of aliphatic hydroxyl groups is 1. The number of aliphatic hydroxyl groups excluding tert-OH is 1. The van der Waals surface area contributed by atoms with Gasteiger partial charge in [-0.25, -0.2) is 0 Å². The minimum atomic E-state index is -0.335. The fraction of sp³-hybridized carbons (Fsp3) is 0.900. The smallest absolute Gasteiger partial charge is 0.237 e. The first-order valence-corrected chi connectivity index (χ1v) is 5.31. The van der Waals surface area contributed by atoms with E-state index in [9.17, 15) is 9.90 Å². The highest BCUT2D eigenvalue weighted by Gasteiger charge is 2.41. The van der Waals surface area contributed by atoms with Crippen molar-refractivity contribution in [1.29, 1.82) is 0 Å². The summed E-state index contributed by atoms with van der Waals surface area (Å²) in [6.45, 7) is 5.67. The topological polar surface area (TPSA) is 52.6 Å². The molecule has 2 saturated heterocycles. The average molecular weight is 198 g/mol. The minimum absolute atomic E-state index is 0.0813. The van der Waals surface area contributed by atoms with Crippen LogP contribution in [0.1, 0.15) is 20.3 Å². The Bertz CT molecular complexity index is 244. The fourth-order valence-corrected chi connectivity index (χ4v) is 2.42. The van der Waals surface area contributed by atoms with Crippen LogP contribution in [0, 0.1) is 5.92 Å². The number of hydrogen-bond acceptors (Lipinski definition) is 3. The van der Waals surface area contributed by atoms with Crippen molar-refractivity contribution in [1.82, 2.24) is 10.2 Å². The molecule has 0 saturated carbocycles. The van der Waals surface area contributed by atoms with Crippen molar-refractivity contribution in [2.45, 2.75) is 38.5 Å². The van der Waals surface area contributed by atoms with Crippen molar-refractivity contribution in [2.24, 2.45) is 5.92 Å². The second-order valence-electron chi connectivity index (χ2n) is 4.57. The highest BCUT2D eigenvalue weighted by molar-refractivity contribution is 5.82. The maximum atomic E-state index is 11.7. The van der Waals surface area contributed by atoms with Crippen LogP contribution in [0.5, 0.6) is 0 Å². The van der Waals surface area contributed by atoms with Crippen LogP contribution < -0.4 is 5.32 Å². The highest BCUT2D eigenvalue weighted by atomic mass is 16.3. The van der Waals surface area contributed by atoms with Gasteiger partial charge in [-0.05, 0) is 19.3 Å². The van der Waals surface area contributed by atoms with Gasteiger partial charge >= 0.3 is 0 Å². The number of carbonyl (C=O) groups excluding carboxylic acids is 1. The molecule has 80 valence electrons. The number of hydrogen-bond donors (Lipinski definition) is 2. The van der Waals surface area contributed by atoms with E-state index in [1.807, 2.05) is 0 Å².